The molecule has 36 heavy (non-hydrogen) atoms. The summed E-state index contributed by atoms with van der Waals surface area (Å²) in [5.41, 5.74) is 0.660. The fourth-order valence-electron chi connectivity index (χ4n) is 3.00. The van der Waals surface area contributed by atoms with E-state index in [0.717, 1.165) is 12.8 Å². The Morgan fingerprint density at radius 3 is 2.06 bits per heavy atom. The molecule has 3 atom stereocenters. The fourth-order valence-corrected chi connectivity index (χ4v) is 3.00. The molecule has 0 saturated heterocycles. The molecule has 0 aliphatic heterocycles. The molecule has 0 heterocycles. The molecular weight excluding hydrogens is 466 g/mol. The number of methoxy groups -OCH3 is 1. The van der Waals surface area contributed by atoms with Gasteiger partial charge in [0.05, 0.1) is 18.9 Å². The third-order valence-electron chi connectivity index (χ3n) is 5.87. The lowest BCUT2D eigenvalue weighted by molar-refractivity contribution is -0.144. The highest BCUT2D eigenvalue weighted by atomic mass is 16.6. The standard InChI is InChI=1S/C27H41NO8/c1-7-10-11-24(29)34-15-14-28-21(27(32)33-6)16-20-12-13-22(35-25(30)18(4)8-2)23(17-20)36-26(31)19(5)9-3/h12-13,17-19,21,28H,7-11,14-16H2,1-6H3/t18?,19?,21-/m0/s1. The van der Waals surface area contributed by atoms with E-state index < -0.39 is 23.9 Å². The molecule has 1 aromatic rings. The molecule has 0 amide bonds. The third-order valence-corrected chi connectivity index (χ3v) is 5.87. The number of nitrogens with one attached hydrogen (secondary N) is 1. The number of benzene rings is 1. The maximum atomic E-state index is 12.5. The molecule has 0 fully saturated rings. The summed E-state index contributed by atoms with van der Waals surface area (Å²) in [5.74, 6) is -2.02. The van der Waals surface area contributed by atoms with Gasteiger partial charge in [-0.2, -0.15) is 0 Å². The van der Waals surface area contributed by atoms with Crippen molar-refractivity contribution in [1.29, 1.82) is 0 Å². The summed E-state index contributed by atoms with van der Waals surface area (Å²) in [6.07, 6.45) is 3.45. The van der Waals surface area contributed by atoms with Crippen molar-refractivity contribution in [3.63, 3.8) is 0 Å². The SMILES string of the molecule is CCCCC(=O)OCCN[C@@H](Cc1ccc(OC(=O)C(C)CC)c(OC(=O)C(C)CC)c1)C(=O)OC. The first-order chi connectivity index (χ1) is 17.2. The van der Waals surface area contributed by atoms with Crippen molar-refractivity contribution in [2.75, 3.05) is 20.3 Å². The summed E-state index contributed by atoms with van der Waals surface area (Å²) in [6.45, 7) is 9.65. The molecule has 1 aromatic carbocycles. The number of rotatable bonds is 16. The van der Waals surface area contributed by atoms with Crippen molar-refractivity contribution >= 4 is 23.9 Å². The van der Waals surface area contributed by atoms with E-state index in [1.54, 1.807) is 32.0 Å². The Morgan fingerprint density at radius 1 is 0.889 bits per heavy atom. The van der Waals surface area contributed by atoms with Crippen LogP contribution in [0.4, 0.5) is 0 Å². The second-order valence-corrected chi connectivity index (χ2v) is 8.80. The van der Waals surface area contributed by atoms with Gasteiger partial charge in [0.25, 0.3) is 0 Å². The zero-order valence-electron chi connectivity index (χ0n) is 22.4. The van der Waals surface area contributed by atoms with Gasteiger partial charge in [-0.25, -0.2) is 0 Å². The van der Waals surface area contributed by atoms with E-state index in [-0.39, 0.29) is 48.9 Å². The van der Waals surface area contributed by atoms with E-state index in [0.29, 0.717) is 24.8 Å². The van der Waals surface area contributed by atoms with Crippen LogP contribution >= 0.6 is 0 Å². The van der Waals surface area contributed by atoms with Gasteiger partial charge in [-0.15, -0.1) is 0 Å². The first-order valence-corrected chi connectivity index (χ1v) is 12.7. The summed E-state index contributed by atoms with van der Waals surface area (Å²) in [7, 11) is 1.29. The molecule has 0 aromatic heterocycles. The van der Waals surface area contributed by atoms with Gasteiger partial charge in [-0.05, 0) is 43.4 Å². The minimum atomic E-state index is -0.726. The molecule has 9 nitrogen and oxygen atoms in total. The molecule has 1 N–H and O–H groups in total. The Labute approximate surface area is 214 Å². The maximum absolute atomic E-state index is 12.5. The van der Waals surface area contributed by atoms with Crippen LogP contribution in [-0.2, 0) is 35.1 Å². The fraction of sp³-hybridized carbons (Fsp3) is 0.630. The predicted octanol–water partition coefficient (Wildman–Crippen LogP) is 4.00. The summed E-state index contributed by atoms with van der Waals surface area (Å²) in [5, 5.41) is 3.04. The molecule has 9 heteroatoms. The molecule has 1 rings (SSSR count). The van der Waals surface area contributed by atoms with Crippen LogP contribution in [-0.4, -0.2) is 50.2 Å². The van der Waals surface area contributed by atoms with E-state index in [2.05, 4.69) is 5.32 Å². The number of hydrogen-bond donors (Lipinski definition) is 1. The average molecular weight is 508 g/mol. The highest BCUT2D eigenvalue weighted by Crippen LogP contribution is 2.31. The Bertz CT molecular complexity index is 869. The van der Waals surface area contributed by atoms with Crippen molar-refractivity contribution in [2.24, 2.45) is 11.8 Å². The van der Waals surface area contributed by atoms with Crippen molar-refractivity contribution < 1.29 is 38.1 Å². The number of ether oxygens (including phenoxy) is 4. The first kappa shape index (κ1) is 31.1. The zero-order valence-corrected chi connectivity index (χ0v) is 22.4. The topological polar surface area (TPSA) is 117 Å². The summed E-state index contributed by atoms with van der Waals surface area (Å²) >= 11 is 0. The van der Waals surface area contributed by atoms with Crippen LogP contribution in [0.15, 0.2) is 18.2 Å². The molecule has 202 valence electrons. The van der Waals surface area contributed by atoms with Gasteiger partial charge in [0.1, 0.15) is 12.6 Å². The predicted molar refractivity (Wildman–Crippen MR) is 135 cm³/mol. The molecule has 2 unspecified atom stereocenters. The molecule has 0 aliphatic rings. The Morgan fingerprint density at radius 2 is 1.50 bits per heavy atom. The summed E-state index contributed by atoms with van der Waals surface area (Å²) in [6, 6.07) is 4.11. The van der Waals surface area contributed by atoms with Gasteiger partial charge < -0.3 is 24.3 Å². The second-order valence-electron chi connectivity index (χ2n) is 8.80. The highest BCUT2D eigenvalue weighted by Gasteiger charge is 2.23. The molecule has 0 radical (unpaired) electrons. The maximum Gasteiger partial charge on any atom is 0.323 e. The van der Waals surface area contributed by atoms with Crippen LogP contribution in [0.5, 0.6) is 11.5 Å². The van der Waals surface area contributed by atoms with Crippen molar-refractivity contribution in [2.45, 2.75) is 79.2 Å². The number of esters is 4. The van der Waals surface area contributed by atoms with E-state index in [1.165, 1.54) is 7.11 Å². The van der Waals surface area contributed by atoms with Gasteiger partial charge in [-0.1, -0.05) is 47.1 Å². The van der Waals surface area contributed by atoms with Gasteiger partial charge in [0, 0.05) is 13.0 Å². The smallest absolute Gasteiger partial charge is 0.323 e. The normalized spacial score (nSPS) is 13.3. The molecule has 0 bridgehead atoms. The van der Waals surface area contributed by atoms with Gasteiger partial charge in [-0.3, -0.25) is 19.2 Å². The number of carbonyl (C=O) groups excluding carboxylic acids is 4. The Kier molecular flexibility index (Phi) is 14.4. The number of carbonyl (C=O) groups is 4. The van der Waals surface area contributed by atoms with E-state index in [1.807, 2.05) is 20.8 Å². The third kappa shape index (κ3) is 10.8. The monoisotopic (exact) mass is 507 g/mol. The quantitative estimate of drug-likeness (QED) is 0.201. The van der Waals surface area contributed by atoms with Crippen molar-refractivity contribution in [1.82, 2.24) is 5.32 Å². The van der Waals surface area contributed by atoms with Crippen LogP contribution in [0.1, 0.15) is 72.3 Å². The van der Waals surface area contributed by atoms with Gasteiger partial charge in [0.15, 0.2) is 11.5 Å². The van der Waals surface area contributed by atoms with Crippen molar-refractivity contribution in [3.05, 3.63) is 23.8 Å². The van der Waals surface area contributed by atoms with Crippen LogP contribution in [0, 0.1) is 11.8 Å². The van der Waals surface area contributed by atoms with E-state index >= 15 is 0 Å². The van der Waals surface area contributed by atoms with E-state index in [9.17, 15) is 19.2 Å². The summed E-state index contributed by atoms with van der Waals surface area (Å²) < 4.78 is 21.2. The summed E-state index contributed by atoms with van der Waals surface area (Å²) in [4.78, 5) is 48.8. The Hall–Kier alpha value is -2.94. The van der Waals surface area contributed by atoms with Crippen LogP contribution in [0.3, 0.4) is 0 Å². The lowest BCUT2D eigenvalue weighted by Crippen LogP contribution is -2.41. The van der Waals surface area contributed by atoms with Crippen LogP contribution in [0.2, 0.25) is 0 Å². The number of unbranched alkanes of at least 4 members (excludes halogenated alkanes) is 1. The van der Waals surface area contributed by atoms with Gasteiger partial charge in [0.2, 0.25) is 0 Å². The minimum absolute atomic E-state index is 0.114. The largest absolute Gasteiger partial charge is 0.468 e. The lowest BCUT2D eigenvalue weighted by Gasteiger charge is -2.19. The molecular formula is C27H41NO8. The highest BCUT2D eigenvalue weighted by molar-refractivity contribution is 5.79. The van der Waals surface area contributed by atoms with Crippen LogP contribution < -0.4 is 14.8 Å². The lowest BCUT2D eigenvalue weighted by atomic mass is 10.0. The minimum Gasteiger partial charge on any atom is -0.468 e. The number of hydrogen-bond acceptors (Lipinski definition) is 9. The second kappa shape index (κ2) is 16.7. The van der Waals surface area contributed by atoms with Crippen molar-refractivity contribution in [3.8, 4) is 11.5 Å². The molecule has 0 saturated carbocycles. The molecule has 0 aliphatic carbocycles. The molecule has 0 spiro atoms. The average Bonchev–Trinajstić information content (AvgIpc) is 2.88. The van der Waals surface area contributed by atoms with Gasteiger partial charge >= 0.3 is 23.9 Å². The Balaban J connectivity index is 3.00. The van der Waals surface area contributed by atoms with E-state index in [4.69, 9.17) is 18.9 Å². The first-order valence-electron chi connectivity index (χ1n) is 12.7. The van der Waals surface area contributed by atoms with Crippen LogP contribution in [0.25, 0.3) is 0 Å². The zero-order chi connectivity index (χ0) is 27.1.